The monoisotopic (exact) mass is 584 g/mol. The van der Waals surface area contributed by atoms with Crippen molar-refractivity contribution in [1.82, 2.24) is 14.8 Å². The summed E-state index contributed by atoms with van der Waals surface area (Å²) in [5, 5.41) is 22.7. The molecule has 2 bridgehead atoms. The molecular formula is C32H33FN6O4. The predicted molar refractivity (Wildman–Crippen MR) is 162 cm³/mol. The second-order valence-electron chi connectivity index (χ2n) is 10.7. The molecule has 1 aliphatic rings. The molecule has 0 aliphatic carbocycles. The Morgan fingerprint density at radius 2 is 1.23 bits per heavy atom. The average molecular weight is 585 g/mol. The van der Waals surface area contributed by atoms with Gasteiger partial charge in [-0.15, -0.1) is 0 Å². The summed E-state index contributed by atoms with van der Waals surface area (Å²) < 4.78 is 14.3. The van der Waals surface area contributed by atoms with Gasteiger partial charge in [0.1, 0.15) is 5.82 Å². The summed E-state index contributed by atoms with van der Waals surface area (Å²) >= 11 is 0. The lowest BCUT2D eigenvalue weighted by molar-refractivity contribution is -0.385. The SMILES string of the molecule is O=[N+]([O-])c1cccc(CN2CCCN(c3cccc(F)c3)CCN(Cc3cccc([N+](=O)[O-])c3)Cc3cccc(n3)C2)c1. The van der Waals surface area contributed by atoms with E-state index in [4.69, 9.17) is 4.98 Å². The number of benzene rings is 3. The third-order valence-corrected chi connectivity index (χ3v) is 7.45. The lowest BCUT2D eigenvalue weighted by Crippen LogP contribution is -2.36. The van der Waals surface area contributed by atoms with Crippen LogP contribution in [0.25, 0.3) is 0 Å². The highest BCUT2D eigenvalue weighted by atomic mass is 19.1. The molecule has 0 radical (unpaired) electrons. The van der Waals surface area contributed by atoms with E-state index in [1.165, 1.54) is 24.3 Å². The van der Waals surface area contributed by atoms with Crippen molar-refractivity contribution in [1.29, 1.82) is 0 Å². The molecule has 0 unspecified atom stereocenters. The standard InChI is InChI=1S/C32H33FN6O4/c33-27-8-3-11-30(20-27)37-15-5-14-35(21-25-6-1-12-31(18-25)38(40)41)23-28-9-4-10-29(34-28)24-36(16-17-37)22-26-7-2-13-32(19-26)39(42)43/h1-4,6-13,18-20H,5,14-17,21-24H2. The highest BCUT2D eigenvalue weighted by Gasteiger charge is 2.18. The Morgan fingerprint density at radius 3 is 1.81 bits per heavy atom. The molecule has 0 amide bonds. The zero-order chi connectivity index (χ0) is 30.2. The number of anilines is 1. The van der Waals surface area contributed by atoms with Crippen LogP contribution >= 0.6 is 0 Å². The Balaban J connectivity index is 1.43. The van der Waals surface area contributed by atoms with Crippen LogP contribution in [0.5, 0.6) is 0 Å². The van der Waals surface area contributed by atoms with Crippen molar-refractivity contribution in [3.05, 3.63) is 140 Å². The molecule has 1 aromatic heterocycles. The largest absolute Gasteiger partial charge is 0.370 e. The third kappa shape index (κ3) is 8.40. The topological polar surface area (TPSA) is 109 Å². The van der Waals surface area contributed by atoms with Gasteiger partial charge in [0.25, 0.3) is 11.4 Å². The molecule has 4 aromatic rings. The first kappa shape index (κ1) is 29.7. The molecular weight excluding hydrogens is 551 g/mol. The summed E-state index contributed by atoms with van der Waals surface area (Å²) in [7, 11) is 0. The minimum absolute atomic E-state index is 0.0497. The number of nitro groups is 2. The minimum atomic E-state index is -0.389. The Morgan fingerprint density at radius 1 is 0.674 bits per heavy atom. The van der Waals surface area contributed by atoms with Gasteiger partial charge in [-0.3, -0.25) is 35.0 Å². The van der Waals surface area contributed by atoms with E-state index < -0.39 is 0 Å². The number of fused-ring (bicyclic) bond motifs is 2. The first-order valence-corrected chi connectivity index (χ1v) is 14.2. The normalized spacial score (nSPS) is 15.2. The van der Waals surface area contributed by atoms with Crippen molar-refractivity contribution >= 4 is 17.1 Å². The molecule has 0 spiro atoms. The van der Waals surface area contributed by atoms with Gasteiger partial charge in [-0.05, 0) is 47.9 Å². The molecule has 1 aliphatic heterocycles. The third-order valence-electron chi connectivity index (χ3n) is 7.45. The van der Waals surface area contributed by atoms with Gasteiger partial charge < -0.3 is 4.90 Å². The van der Waals surface area contributed by atoms with Gasteiger partial charge in [-0.2, -0.15) is 0 Å². The van der Waals surface area contributed by atoms with Gasteiger partial charge in [-0.25, -0.2) is 4.39 Å². The van der Waals surface area contributed by atoms with Crippen molar-refractivity contribution in [2.24, 2.45) is 0 Å². The zero-order valence-corrected chi connectivity index (χ0v) is 23.7. The maximum atomic E-state index is 14.3. The van der Waals surface area contributed by atoms with Crippen molar-refractivity contribution < 1.29 is 14.2 Å². The van der Waals surface area contributed by atoms with Gasteiger partial charge in [0, 0.05) is 82.3 Å². The lowest BCUT2D eigenvalue weighted by Gasteiger charge is -2.30. The molecule has 0 saturated heterocycles. The van der Waals surface area contributed by atoms with Crippen molar-refractivity contribution in [3.63, 3.8) is 0 Å². The van der Waals surface area contributed by atoms with Gasteiger partial charge >= 0.3 is 0 Å². The van der Waals surface area contributed by atoms with Crippen molar-refractivity contribution in [2.45, 2.75) is 32.6 Å². The molecule has 222 valence electrons. The minimum Gasteiger partial charge on any atom is -0.370 e. The summed E-state index contributed by atoms with van der Waals surface area (Å²) in [5.41, 5.74) is 4.33. The maximum absolute atomic E-state index is 14.3. The number of hydrogen-bond acceptors (Lipinski definition) is 8. The highest BCUT2D eigenvalue weighted by molar-refractivity contribution is 5.46. The van der Waals surface area contributed by atoms with E-state index >= 15 is 0 Å². The van der Waals surface area contributed by atoms with Crippen LogP contribution in [0.1, 0.15) is 28.9 Å². The fourth-order valence-electron chi connectivity index (χ4n) is 5.43. The number of nitrogens with zero attached hydrogens (tertiary/aromatic N) is 6. The molecule has 0 fully saturated rings. The summed E-state index contributed by atoms with van der Waals surface area (Å²) in [6, 6.07) is 25.9. The van der Waals surface area contributed by atoms with Gasteiger partial charge in [-0.1, -0.05) is 36.4 Å². The van der Waals surface area contributed by atoms with Crippen LogP contribution in [0.2, 0.25) is 0 Å². The number of non-ortho nitro benzene ring substituents is 2. The Bertz CT molecular complexity index is 1590. The van der Waals surface area contributed by atoms with Gasteiger partial charge in [0.05, 0.1) is 21.2 Å². The van der Waals surface area contributed by atoms with Gasteiger partial charge in [0.2, 0.25) is 0 Å². The fraction of sp³-hybridized carbons (Fsp3) is 0.281. The maximum Gasteiger partial charge on any atom is 0.269 e. The second-order valence-corrected chi connectivity index (χ2v) is 10.7. The number of halogens is 1. The number of aromatic nitrogens is 1. The summed E-state index contributed by atoms with van der Waals surface area (Å²) in [4.78, 5) is 33.5. The van der Waals surface area contributed by atoms with Gasteiger partial charge in [0.15, 0.2) is 0 Å². The Hall–Kier alpha value is -4.74. The van der Waals surface area contributed by atoms with Crippen LogP contribution in [0.3, 0.4) is 0 Å². The van der Waals surface area contributed by atoms with E-state index in [0.717, 1.165) is 34.6 Å². The van der Waals surface area contributed by atoms with Crippen molar-refractivity contribution in [3.8, 4) is 0 Å². The first-order valence-electron chi connectivity index (χ1n) is 14.2. The second kappa shape index (κ2) is 14.0. The Kier molecular flexibility index (Phi) is 9.65. The predicted octanol–water partition coefficient (Wildman–Crippen LogP) is 5.95. The summed E-state index contributed by atoms with van der Waals surface area (Å²) in [6.07, 6.45) is 0.774. The summed E-state index contributed by atoms with van der Waals surface area (Å²) in [5.74, 6) is -0.304. The van der Waals surface area contributed by atoms with E-state index in [9.17, 15) is 24.6 Å². The number of hydrogen-bond donors (Lipinski definition) is 0. The van der Waals surface area contributed by atoms with E-state index in [1.807, 2.05) is 36.4 Å². The summed E-state index contributed by atoms with van der Waals surface area (Å²) in [6.45, 7) is 4.71. The molecule has 11 heteroatoms. The van der Waals surface area contributed by atoms with Crippen LogP contribution in [0.15, 0.2) is 91.0 Å². The molecule has 2 heterocycles. The van der Waals surface area contributed by atoms with E-state index in [0.29, 0.717) is 52.4 Å². The van der Waals surface area contributed by atoms with Crippen LogP contribution in [-0.2, 0) is 26.2 Å². The number of pyridine rings is 1. The molecule has 5 rings (SSSR count). The lowest BCUT2D eigenvalue weighted by atomic mass is 10.1. The molecule has 10 nitrogen and oxygen atoms in total. The molecule has 43 heavy (non-hydrogen) atoms. The number of nitro benzene ring substituents is 2. The smallest absolute Gasteiger partial charge is 0.269 e. The van der Waals surface area contributed by atoms with Crippen molar-refractivity contribution in [2.75, 3.05) is 31.1 Å². The Labute approximate surface area is 249 Å². The van der Waals surface area contributed by atoms with Crippen LogP contribution < -0.4 is 4.90 Å². The van der Waals surface area contributed by atoms with E-state index in [2.05, 4.69) is 14.7 Å². The molecule has 0 N–H and O–H groups in total. The average Bonchev–Trinajstić information content (AvgIpc) is 2.99. The number of rotatable bonds is 7. The molecule has 3 aromatic carbocycles. The quantitative estimate of drug-likeness (QED) is 0.194. The zero-order valence-electron chi connectivity index (χ0n) is 23.7. The molecule has 0 atom stereocenters. The van der Waals surface area contributed by atoms with Crippen LogP contribution in [0, 0.1) is 26.0 Å². The van der Waals surface area contributed by atoms with Crippen LogP contribution in [-0.4, -0.2) is 50.8 Å². The van der Waals surface area contributed by atoms with Crippen LogP contribution in [0.4, 0.5) is 21.5 Å². The van der Waals surface area contributed by atoms with E-state index in [1.54, 1.807) is 30.3 Å². The van der Waals surface area contributed by atoms with E-state index in [-0.39, 0.29) is 27.0 Å². The fourth-order valence-corrected chi connectivity index (χ4v) is 5.43. The first-order chi connectivity index (χ1) is 20.8. The highest BCUT2D eigenvalue weighted by Crippen LogP contribution is 2.21. The molecule has 0 saturated carbocycles.